The van der Waals surface area contributed by atoms with Crippen LogP contribution in [-0.2, 0) is 10.0 Å². The standard InChI is InChI=1S/C18H29NO2S/c1-5-7-9-15-18(4,14-8-6-2)19-22(20,21)17-12-10-16(3)11-13-17/h6,10-13,19H,2,5,7-9,14-15H2,1,3-4H3/t18-/m0/s1. The molecule has 0 heterocycles. The Morgan fingerprint density at radius 3 is 2.36 bits per heavy atom. The van der Waals surface area contributed by atoms with Gasteiger partial charge in [0.05, 0.1) is 4.90 Å². The van der Waals surface area contributed by atoms with Gasteiger partial charge in [0.15, 0.2) is 0 Å². The molecule has 1 aromatic rings. The van der Waals surface area contributed by atoms with Gasteiger partial charge in [-0.25, -0.2) is 13.1 Å². The summed E-state index contributed by atoms with van der Waals surface area (Å²) >= 11 is 0. The fourth-order valence-corrected chi connectivity index (χ4v) is 3.98. The fourth-order valence-electron chi connectivity index (χ4n) is 2.51. The van der Waals surface area contributed by atoms with Crippen LogP contribution in [-0.4, -0.2) is 14.0 Å². The summed E-state index contributed by atoms with van der Waals surface area (Å²) in [7, 11) is -3.49. The highest BCUT2D eigenvalue weighted by atomic mass is 32.2. The van der Waals surface area contributed by atoms with Crippen molar-refractivity contribution in [2.75, 3.05) is 0 Å². The molecule has 0 fully saturated rings. The largest absolute Gasteiger partial charge is 0.241 e. The van der Waals surface area contributed by atoms with Gasteiger partial charge in [-0.15, -0.1) is 6.58 Å². The summed E-state index contributed by atoms with van der Waals surface area (Å²) in [6.07, 6.45) is 7.54. The minimum atomic E-state index is -3.49. The van der Waals surface area contributed by atoms with E-state index in [0.29, 0.717) is 4.90 Å². The molecule has 0 saturated heterocycles. The van der Waals surface area contributed by atoms with E-state index in [0.717, 1.165) is 44.1 Å². The van der Waals surface area contributed by atoms with Crippen molar-refractivity contribution in [1.82, 2.24) is 4.72 Å². The van der Waals surface area contributed by atoms with Crippen molar-refractivity contribution in [3.05, 3.63) is 42.5 Å². The molecule has 0 aliphatic rings. The highest BCUT2D eigenvalue weighted by Gasteiger charge is 2.29. The molecule has 0 aliphatic heterocycles. The second-order valence-electron chi connectivity index (χ2n) is 6.26. The van der Waals surface area contributed by atoms with Crippen LogP contribution in [0.15, 0.2) is 41.8 Å². The number of allylic oxidation sites excluding steroid dienone is 1. The first-order valence-electron chi connectivity index (χ1n) is 8.04. The average Bonchev–Trinajstić information content (AvgIpc) is 2.45. The Bertz CT molecular complexity index is 563. The maximum atomic E-state index is 12.6. The third-order valence-electron chi connectivity index (χ3n) is 3.94. The molecule has 1 aromatic carbocycles. The smallest absolute Gasteiger partial charge is 0.207 e. The van der Waals surface area contributed by atoms with Crippen LogP contribution in [0.3, 0.4) is 0 Å². The number of unbranched alkanes of at least 4 members (excludes halogenated alkanes) is 2. The molecule has 4 heteroatoms. The monoisotopic (exact) mass is 323 g/mol. The van der Waals surface area contributed by atoms with Gasteiger partial charge < -0.3 is 0 Å². The third-order valence-corrected chi connectivity index (χ3v) is 5.60. The maximum absolute atomic E-state index is 12.6. The van der Waals surface area contributed by atoms with Gasteiger partial charge in [-0.2, -0.15) is 0 Å². The molecule has 22 heavy (non-hydrogen) atoms. The summed E-state index contributed by atoms with van der Waals surface area (Å²) in [5.41, 5.74) is 0.629. The number of hydrogen-bond acceptors (Lipinski definition) is 2. The van der Waals surface area contributed by atoms with E-state index < -0.39 is 15.6 Å². The van der Waals surface area contributed by atoms with Gasteiger partial charge in [-0.3, -0.25) is 0 Å². The Morgan fingerprint density at radius 1 is 1.18 bits per heavy atom. The van der Waals surface area contributed by atoms with E-state index in [4.69, 9.17) is 0 Å². The molecule has 0 saturated carbocycles. The van der Waals surface area contributed by atoms with Gasteiger partial charge in [0.25, 0.3) is 0 Å². The van der Waals surface area contributed by atoms with Crippen molar-refractivity contribution in [3.8, 4) is 0 Å². The summed E-state index contributed by atoms with van der Waals surface area (Å²) in [6, 6.07) is 6.98. The van der Waals surface area contributed by atoms with Crippen LogP contribution in [0.1, 0.15) is 57.9 Å². The highest BCUT2D eigenvalue weighted by Crippen LogP contribution is 2.24. The SMILES string of the molecule is C=CCC[C@@](C)(CCCCC)NS(=O)(=O)c1ccc(C)cc1. The first-order valence-corrected chi connectivity index (χ1v) is 9.53. The molecule has 0 bridgehead atoms. The molecule has 1 N–H and O–H groups in total. The number of benzene rings is 1. The summed E-state index contributed by atoms with van der Waals surface area (Å²) in [6.45, 7) is 9.84. The second-order valence-corrected chi connectivity index (χ2v) is 7.95. The lowest BCUT2D eigenvalue weighted by Crippen LogP contribution is -2.45. The average molecular weight is 324 g/mol. The molecular formula is C18H29NO2S. The van der Waals surface area contributed by atoms with Gasteiger partial charge in [-0.1, -0.05) is 50.0 Å². The molecule has 0 aliphatic carbocycles. The third kappa shape index (κ3) is 5.93. The molecule has 0 spiro atoms. The van der Waals surface area contributed by atoms with Gasteiger partial charge in [0.1, 0.15) is 0 Å². The quantitative estimate of drug-likeness (QED) is 0.506. The van der Waals surface area contributed by atoms with Crippen LogP contribution in [0.2, 0.25) is 0 Å². The lowest BCUT2D eigenvalue weighted by Gasteiger charge is -2.30. The number of rotatable bonds is 10. The van der Waals surface area contributed by atoms with E-state index >= 15 is 0 Å². The first-order chi connectivity index (χ1) is 10.3. The molecule has 3 nitrogen and oxygen atoms in total. The lowest BCUT2D eigenvalue weighted by molar-refractivity contribution is 0.348. The Labute approximate surface area is 135 Å². The zero-order valence-electron chi connectivity index (χ0n) is 14.1. The van der Waals surface area contributed by atoms with Crippen LogP contribution in [0.25, 0.3) is 0 Å². The van der Waals surface area contributed by atoms with Gasteiger partial charge >= 0.3 is 0 Å². The predicted octanol–water partition coefficient (Wildman–Crippen LogP) is 4.58. The summed E-state index contributed by atoms with van der Waals surface area (Å²) in [5.74, 6) is 0. The topological polar surface area (TPSA) is 46.2 Å². The maximum Gasteiger partial charge on any atom is 0.241 e. The first kappa shape index (κ1) is 18.9. The Kier molecular flexibility index (Phi) is 7.30. The van der Waals surface area contributed by atoms with Crippen molar-refractivity contribution in [1.29, 1.82) is 0 Å². The molecule has 0 amide bonds. The highest BCUT2D eigenvalue weighted by molar-refractivity contribution is 7.89. The normalized spacial score (nSPS) is 14.5. The van der Waals surface area contributed by atoms with Crippen LogP contribution >= 0.6 is 0 Å². The molecular weight excluding hydrogens is 294 g/mol. The summed E-state index contributed by atoms with van der Waals surface area (Å²) < 4.78 is 28.2. The van der Waals surface area contributed by atoms with E-state index in [9.17, 15) is 8.42 Å². The number of aryl methyl sites for hydroxylation is 1. The molecule has 0 unspecified atom stereocenters. The Morgan fingerprint density at radius 2 is 1.82 bits per heavy atom. The van der Waals surface area contributed by atoms with Crippen LogP contribution in [0, 0.1) is 6.92 Å². The van der Waals surface area contributed by atoms with Crippen molar-refractivity contribution in [2.45, 2.75) is 69.7 Å². The summed E-state index contributed by atoms with van der Waals surface area (Å²) in [4.78, 5) is 0.332. The number of hydrogen-bond donors (Lipinski definition) is 1. The molecule has 1 atom stereocenters. The zero-order chi connectivity index (χ0) is 16.6. The van der Waals surface area contributed by atoms with Crippen molar-refractivity contribution >= 4 is 10.0 Å². The van der Waals surface area contributed by atoms with E-state index in [1.165, 1.54) is 0 Å². The van der Waals surface area contributed by atoms with E-state index in [1.807, 2.05) is 32.1 Å². The second kappa shape index (κ2) is 8.49. The van der Waals surface area contributed by atoms with Crippen molar-refractivity contribution < 1.29 is 8.42 Å². The lowest BCUT2D eigenvalue weighted by atomic mass is 9.90. The Balaban J connectivity index is 2.90. The van der Waals surface area contributed by atoms with Gasteiger partial charge in [0.2, 0.25) is 10.0 Å². The number of sulfonamides is 1. The molecule has 124 valence electrons. The van der Waals surface area contributed by atoms with Crippen LogP contribution in [0.4, 0.5) is 0 Å². The molecule has 0 radical (unpaired) electrons. The summed E-state index contributed by atoms with van der Waals surface area (Å²) in [5, 5.41) is 0. The van der Waals surface area contributed by atoms with E-state index in [2.05, 4.69) is 18.2 Å². The van der Waals surface area contributed by atoms with Crippen LogP contribution < -0.4 is 4.72 Å². The fraction of sp³-hybridized carbons (Fsp3) is 0.556. The van der Waals surface area contributed by atoms with E-state index in [-0.39, 0.29) is 0 Å². The molecule has 0 aromatic heterocycles. The van der Waals surface area contributed by atoms with E-state index in [1.54, 1.807) is 12.1 Å². The van der Waals surface area contributed by atoms with Gasteiger partial charge in [-0.05, 0) is 45.2 Å². The minimum absolute atomic E-state index is 0.332. The van der Waals surface area contributed by atoms with Crippen LogP contribution in [0.5, 0.6) is 0 Å². The van der Waals surface area contributed by atoms with Crippen molar-refractivity contribution in [3.63, 3.8) is 0 Å². The van der Waals surface area contributed by atoms with Gasteiger partial charge in [0, 0.05) is 5.54 Å². The molecule has 1 rings (SSSR count). The predicted molar refractivity (Wildman–Crippen MR) is 93.5 cm³/mol. The zero-order valence-corrected chi connectivity index (χ0v) is 14.9. The minimum Gasteiger partial charge on any atom is -0.207 e. The Hall–Kier alpha value is -1.13. The van der Waals surface area contributed by atoms with Crippen molar-refractivity contribution in [2.24, 2.45) is 0 Å². The number of nitrogens with one attached hydrogen (secondary N) is 1.